The molecule has 7 heteroatoms. The van der Waals surface area contributed by atoms with E-state index in [2.05, 4.69) is 10.5 Å². The molecule has 22 heavy (non-hydrogen) atoms. The zero-order valence-corrected chi connectivity index (χ0v) is 13.5. The highest BCUT2D eigenvalue weighted by Crippen LogP contribution is 2.28. The van der Waals surface area contributed by atoms with Gasteiger partial charge in [-0.2, -0.15) is 5.10 Å². The number of hydrogen-bond donors (Lipinski definition) is 1. The average molecular weight is 341 g/mol. The number of halogens is 2. The van der Waals surface area contributed by atoms with Crippen LogP contribution in [0.4, 0.5) is 0 Å². The third-order valence-electron chi connectivity index (χ3n) is 2.78. The predicted octanol–water partition coefficient (Wildman–Crippen LogP) is 3.89. The van der Waals surface area contributed by atoms with Crippen LogP contribution in [0.1, 0.15) is 19.6 Å². The van der Waals surface area contributed by atoms with Crippen molar-refractivity contribution < 1.29 is 13.9 Å². The molecule has 0 unspecified atom stereocenters. The Morgan fingerprint density at radius 3 is 2.77 bits per heavy atom. The molecule has 1 aromatic carbocycles. The van der Waals surface area contributed by atoms with Gasteiger partial charge in [0.2, 0.25) is 0 Å². The molecular formula is C15H14Cl2N2O3. The molecule has 0 bridgehead atoms. The molecule has 1 N–H and O–H groups in total. The second-order valence-electron chi connectivity index (χ2n) is 4.49. The number of hydrogen-bond acceptors (Lipinski definition) is 4. The second kappa shape index (κ2) is 7.33. The first-order chi connectivity index (χ1) is 10.5. The molecular weight excluding hydrogens is 327 g/mol. The van der Waals surface area contributed by atoms with Gasteiger partial charge in [0, 0.05) is 5.02 Å². The molecule has 2 rings (SSSR count). The molecule has 5 nitrogen and oxygen atoms in total. The van der Waals surface area contributed by atoms with E-state index in [1.807, 2.05) is 0 Å². The van der Waals surface area contributed by atoms with Crippen LogP contribution in [0.25, 0.3) is 0 Å². The van der Waals surface area contributed by atoms with Crippen molar-refractivity contribution >= 4 is 34.8 Å². The van der Waals surface area contributed by atoms with Crippen LogP contribution in [0.3, 0.4) is 0 Å². The van der Waals surface area contributed by atoms with Crippen molar-refractivity contribution in [2.75, 3.05) is 0 Å². The highest BCUT2D eigenvalue weighted by molar-refractivity contribution is 6.35. The number of benzene rings is 1. The first-order valence-electron chi connectivity index (χ1n) is 6.47. The molecule has 0 saturated heterocycles. The molecule has 1 heterocycles. The van der Waals surface area contributed by atoms with E-state index in [0.29, 0.717) is 27.3 Å². The lowest BCUT2D eigenvalue weighted by molar-refractivity contribution is -0.127. The fraction of sp³-hybridized carbons (Fsp3) is 0.200. The van der Waals surface area contributed by atoms with Crippen LogP contribution in [0.2, 0.25) is 10.0 Å². The Morgan fingerprint density at radius 1 is 1.36 bits per heavy atom. The van der Waals surface area contributed by atoms with Gasteiger partial charge in [0.1, 0.15) is 17.2 Å². The maximum atomic E-state index is 12.0. The Balaban J connectivity index is 1.96. The van der Waals surface area contributed by atoms with Crippen LogP contribution in [0, 0.1) is 0 Å². The van der Waals surface area contributed by atoms with Crippen LogP contribution in [-0.4, -0.2) is 17.7 Å². The first kappa shape index (κ1) is 16.4. The van der Waals surface area contributed by atoms with E-state index >= 15 is 0 Å². The van der Waals surface area contributed by atoms with Crippen LogP contribution in [-0.2, 0) is 4.79 Å². The molecule has 0 spiro atoms. The smallest absolute Gasteiger partial charge is 0.280 e. The first-order valence-corrected chi connectivity index (χ1v) is 7.22. The van der Waals surface area contributed by atoms with Gasteiger partial charge >= 0.3 is 0 Å². The number of carbonyl (C=O) groups is 1. The van der Waals surface area contributed by atoms with Crippen molar-refractivity contribution in [3.8, 4) is 5.75 Å². The molecule has 1 aromatic heterocycles. The van der Waals surface area contributed by atoms with Crippen LogP contribution in [0.15, 0.2) is 46.1 Å². The van der Waals surface area contributed by atoms with Crippen molar-refractivity contribution in [3.05, 3.63) is 52.4 Å². The van der Waals surface area contributed by atoms with E-state index < -0.39 is 12.0 Å². The second-order valence-corrected chi connectivity index (χ2v) is 5.33. The molecule has 0 saturated carbocycles. The Labute approximate surface area is 137 Å². The molecule has 0 fully saturated rings. The zero-order valence-electron chi connectivity index (χ0n) is 12.0. The summed E-state index contributed by atoms with van der Waals surface area (Å²) in [5.41, 5.74) is 2.97. The topological polar surface area (TPSA) is 63.8 Å². The Bertz CT molecular complexity index is 684. The fourth-order valence-electron chi connectivity index (χ4n) is 1.58. The maximum Gasteiger partial charge on any atom is 0.280 e. The standard InChI is InChI=1S/C15H14Cl2N2O3/c1-9(13-4-3-7-21-13)18-19-15(20)10(2)22-14-6-5-11(16)8-12(14)17/h3-8,10H,1-2H3,(H,19,20)/b18-9-/t10-/m1/s1. The van der Waals surface area contributed by atoms with E-state index in [9.17, 15) is 4.79 Å². The summed E-state index contributed by atoms with van der Waals surface area (Å²) in [7, 11) is 0. The molecule has 0 radical (unpaired) electrons. The zero-order chi connectivity index (χ0) is 16.1. The van der Waals surface area contributed by atoms with Gasteiger partial charge < -0.3 is 9.15 Å². The van der Waals surface area contributed by atoms with Crippen molar-refractivity contribution in [2.24, 2.45) is 5.10 Å². The highest BCUT2D eigenvalue weighted by atomic mass is 35.5. The predicted molar refractivity (Wildman–Crippen MR) is 85.6 cm³/mol. The van der Waals surface area contributed by atoms with E-state index in [1.165, 1.54) is 6.26 Å². The molecule has 0 aliphatic carbocycles. The summed E-state index contributed by atoms with van der Waals surface area (Å²) in [4.78, 5) is 12.0. The fourth-order valence-corrected chi connectivity index (χ4v) is 2.04. The summed E-state index contributed by atoms with van der Waals surface area (Å²) in [6, 6.07) is 8.27. The molecule has 116 valence electrons. The quantitative estimate of drug-likeness (QED) is 0.663. The van der Waals surface area contributed by atoms with Crippen molar-refractivity contribution in [3.63, 3.8) is 0 Å². The molecule has 1 amide bonds. The molecule has 0 aliphatic heterocycles. The van der Waals surface area contributed by atoms with Crippen LogP contribution >= 0.6 is 23.2 Å². The summed E-state index contributed by atoms with van der Waals surface area (Å²) < 4.78 is 10.7. The number of amides is 1. The molecule has 1 atom stereocenters. The van der Waals surface area contributed by atoms with Gasteiger partial charge in [-0.3, -0.25) is 4.79 Å². The SMILES string of the molecule is C/C(=N/NC(=O)[C@@H](C)Oc1ccc(Cl)cc1Cl)c1ccco1. The molecule has 0 aliphatic rings. The average Bonchev–Trinajstić information content (AvgIpc) is 3.01. The van der Waals surface area contributed by atoms with Gasteiger partial charge in [0.15, 0.2) is 6.10 Å². The number of carbonyl (C=O) groups excluding carboxylic acids is 1. The van der Waals surface area contributed by atoms with Crippen molar-refractivity contribution in [1.29, 1.82) is 0 Å². The summed E-state index contributed by atoms with van der Waals surface area (Å²) in [6.45, 7) is 3.32. The lowest BCUT2D eigenvalue weighted by Crippen LogP contribution is -2.34. The van der Waals surface area contributed by atoms with Crippen LogP contribution in [0.5, 0.6) is 5.75 Å². The lowest BCUT2D eigenvalue weighted by atomic mass is 10.3. The summed E-state index contributed by atoms with van der Waals surface area (Å²) in [5.74, 6) is 0.548. The van der Waals surface area contributed by atoms with E-state index in [-0.39, 0.29) is 0 Å². The minimum atomic E-state index is -0.771. The van der Waals surface area contributed by atoms with Gasteiger partial charge in [0.25, 0.3) is 5.91 Å². The van der Waals surface area contributed by atoms with E-state index in [4.69, 9.17) is 32.4 Å². The lowest BCUT2D eigenvalue weighted by Gasteiger charge is -2.14. The minimum Gasteiger partial charge on any atom is -0.479 e. The normalized spacial score (nSPS) is 12.8. The monoisotopic (exact) mass is 340 g/mol. The van der Waals surface area contributed by atoms with Crippen molar-refractivity contribution in [2.45, 2.75) is 20.0 Å². The van der Waals surface area contributed by atoms with Crippen LogP contribution < -0.4 is 10.2 Å². The van der Waals surface area contributed by atoms with Crippen molar-refractivity contribution in [1.82, 2.24) is 5.43 Å². The highest BCUT2D eigenvalue weighted by Gasteiger charge is 2.16. The molecule has 2 aromatic rings. The minimum absolute atomic E-state index is 0.336. The summed E-state index contributed by atoms with van der Waals surface area (Å²) in [5, 5.41) is 4.78. The Kier molecular flexibility index (Phi) is 5.46. The van der Waals surface area contributed by atoms with Gasteiger partial charge in [-0.25, -0.2) is 5.43 Å². The number of furan rings is 1. The van der Waals surface area contributed by atoms with Gasteiger partial charge in [-0.15, -0.1) is 0 Å². The third kappa shape index (κ3) is 4.26. The summed E-state index contributed by atoms with van der Waals surface area (Å²) in [6.07, 6.45) is 0.761. The largest absolute Gasteiger partial charge is 0.479 e. The number of hydrazone groups is 1. The summed E-state index contributed by atoms with van der Waals surface area (Å²) >= 11 is 11.8. The maximum absolute atomic E-state index is 12.0. The van der Waals surface area contributed by atoms with Gasteiger partial charge in [0.05, 0.1) is 11.3 Å². The Morgan fingerprint density at radius 2 is 2.14 bits per heavy atom. The number of rotatable bonds is 5. The van der Waals surface area contributed by atoms with E-state index in [1.54, 1.807) is 44.2 Å². The van der Waals surface area contributed by atoms with Gasteiger partial charge in [-0.1, -0.05) is 23.2 Å². The third-order valence-corrected chi connectivity index (χ3v) is 3.31. The van der Waals surface area contributed by atoms with E-state index in [0.717, 1.165) is 0 Å². The number of ether oxygens (including phenoxy) is 1. The van der Waals surface area contributed by atoms with Gasteiger partial charge in [-0.05, 0) is 44.2 Å². The number of nitrogens with one attached hydrogen (secondary N) is 1. The Hall–Kier alpha value is -1.98. The number of nitrogens with zero attached hydrogens (tertiary/aromatic N) is 1.